The summed E-state index contributed by atoms with van der Waals surface area (Å²) in [7, 11) is -2.78. The predicted octanol–water partition coefficient (Wildman–Crippen LogP) is 6.11. The van der Waals surface area contributed by atoms with Crippen molar-refractivity contribution in [1.29, 1.82) is 0 Å². The number of ketones is 1. The summed E-state index contributed by atoms with van der Waals surface area (Å²) in [5, 5.41) is 4.51. The van der Waals surface area contributed by atoms with E-state index in [1.807, 2.05) is 6.08 Å². The summed E-state index contributed by atoms with van der Waals surface area (Å²) in [6, 6.07) is 13.7. The summed E-state index contributed by atoms with van der Waals surface area (Å²) in [5.41, 5.74) is 1.18. The van der Waals surface area contributed by atoms with Gasteiger partial charge in [0.25, 0.3) is 0 Å². The summed E-state index contributed by atoms with van der Waals surface area (Å²) in [4.78, 5) is 18.3. The third-order valence-corrected chi connectivity index (χ3v) is 10.3. The molecule has 2 aliphatic rings. The molecular weight excluding hydrogens is 584 g/mol. The van der Waals surface area contributed by atoms with E-state index in [4.69, 9.17) is 0 Å². The molecule has 0 aliphatic heterocycles. The molecule has 0 amide bonds. The highest BCUT2D eigenvalue weighted by atomic mass is 32.2. The zero-order valence-corrected chi connectivity index (χ0v) is 23.7. The van der Waals surface area contributed by atoms with Crippen LogP contribution in [0.4, 0.5) is 17.6 Å². The number of hydrogen-bond donors (Lipinski definition) is 0. The van der Waals surface area contributed by atoms with Gasteiger partial charge in [-0.05, 0) is 98.0 Å². The Kier molecular flexibility index (Phi) is 7.09. The third kappa shape index (κ3) is 5.08. The fourth-order valence-corrected chi connectivity index (χ4v) is 7.49. The lowest BCUT2D eigenvalue weighted by molar-refractivity contribution is -0.137. The summed E-state index contributed by atoms with van der Waals surface area (Å²) in [5.74, 6) is -0.624. The number of alkyl halides is 3. The van der Waals surface area contributed by atoms with Crippen LogP contribution in [-0.2, 0) is 22.6 Å². The van der Waals surface area contributed by atoms with Crippen molar-refractivity contribution in [3.8, 4) is 5.69 Å². The van der Waals surface area contributed by atoms with Crippen LogP contribution in [0.3, 0.4) is 0 Å². The topological polar surface area (TPSA) is 85.2 Å². The molecule has 0 saturated heterocycles. The highest BCUT2D eigenvalue weighted by Gasteiger charge is 2.51. The molecule has 2 heterocycles. The number of rotatable bonds is 6. The van der Waals surface area contributed by atoms with Crippen molar-refractivity contribution in [3.63, 3.8) is 0 Å². The van der Waals surface area contributed by atoms with Gasteiger partial charge in [-0.1, -0.05) is 11.6 Å². The molecule has 0 spiro atoms. The minimum absolute atomic E-state index is 0.145. The Labute approximate surface area is 245 Å². The highest BCUT2D eigenvalue weighted by Crippen LogP contribution is 2.51. The van der Waals surface area contributed by atoms with Crippen LogP contribution in [-0.4, -0.2) is 46.4 Å². The van der Waals surface area contributed by atoms with Crippen molar-refractivity contribution in [2.24, 2.45) is 5.41 Å². The maximum atomic E-state index is 14.3. The maximum Gasteiger partial charge on any atom is 0.416 e. The Hall–Kier alpha value is -4.16. The van der Waals surface area contributed by atoms with Gasteiger partial charge < -0.3 is 0 Å². The normalized spacial score (nSPS) is 20.3. The fourth-order valence-electron chi connectivity index (χ4n) is 6.10. The molecule has 12 heteroatoms. The van der Waals surface area contributed by atoms with Crippen LogP contribution in [0.2, 0.25) is 0 Å². The second-order valence-electron chi connectivity index (χ2n) is 10.9. The van der Waals surface area contributed by atoms with E-state index in [0.29, 0.717) is 18.5 Å². The van der Waals surface area contributed by atoms with Gasteiger partial charge >= 0.3 is 6.18 Å². The Balaban J connectivity index is 1.37. The smallest absolute Gasteiger partial charge is 0.291 e. The quantitative estimate of drug-likeness (QED) is 0.194. The van der Waals surface area contributed by atoms with Crippen molar-refractivity contribution >= 4 is 21.9 Å². The number of carbonyl (C=O) groups is 1. The van der Waals surface area contributed by atoms with Crippen molar-refractivity contribution in [1.82, 2.24) is 19.1 Å². The predicted molar refractivity (Wildman–Crippen MR) is 150 cm³/mol. The van der Waals surface area contributed by atoms with Gasteiger partial charge in [0.1, 0.15) is 11.5 Å². The summed E-state index contributed by atoms with van der Waals surface area (Å²) >= 11 is 0. The number of Topliss-reactive ketones (excluding diaryl/α,β-unsaturated/α-hetero) is 1. The van der Waals surface area contributed by atoms with E-state index in [0.717, 1.165) is 45.4 Å². The fraction of sp³-hybridized carbons (Fsp3) is 0.258. The Bertz CT molecular complexity index is 1820. The molecule has 2 atom stereocenters. The minimum Gasteiger partial charge on any atom is -0.291 e. The van der Waals surface area contributed by atoms with Crippen molar-refractivity contribution in [3.05, 3.63) is 113 Å². The van der Waals surface area contributed by atoms with Crippen molar-refractivity contribution in [2.75, 3.05) is 7.05 Å². The van der Waals surface area contributed by atoms with Crippen LogP contribution in [0.1, 0.15) is 46.6 Å². The molecule has 1 fully saturated rings. The average molecular weight is 611 g/mol. The standard InChI is InChI=1S/C31H26F4N4O3S/c1-38(43(41,42)26-13-6-21(7-14-26)31(33,34)35)25-10-5-22-16-28-20(19-37-39(28)24-11-8-23(32)9-12-24)17-30(22,18-25)29(40)27-4-2-3-15-36-27/h2-4,6-9,11-16,19,25H,5,10,17-18H2,1H3/t25-,30-/m0/s1. The van der Waals surface area contributed by atoms with E-state index in [2.05, 4.69) is 10.1 Å². The molecule has 0 N–H and O–H groups in total. The number of halogens is 4. The third-order valence-electron chi connectivity index (χ3n) is 8.41. The number of aromatic nitrogens is 3. The molecular formula is C31H26F4N4O3S. The largest absolute Gasteiger partial charge is 0.416 e. The van der Waals surface area contributed by atoms with E-state index >= 15 is 0 Å². The lowest BCUT2D eigenvalue weighted by atomic mass is 9.60. The van der Waals surface area contributed by atoms with Gasteiger partial charge in [0.15, 0.2) is 5.78 Å². The van der Waals surface area contributed by atoms with E-state index < -0.39 is 33.2 Å². The average Bonchev–Trinajstić information content (AvgIpc) is 3.41. The van der Waals surface area contributed by atoms with Crippen LogP contribution in [0.15, 0.2) is 89.6 Å². The molecule has 222 valence electrons. The van der Waals surface area contributed by atoms with Gasteiger partial charge in [0.05, 0.1) is 33.5 Å². The Morgan fingerprint density at radius 1 is 1.05 bits per heavy atom. The number of allylic oxidation sites excluding steroid dienone is 1. The maximum absolute atomic E-state index is 14.3. The SMILES string of the molecule is CN([C@H]1CCC2=Cc3c(cnn3-c3ccc(F)cc3)C[C@]2(C(=O)c2ccccn2)C1)S(=O)(=O)c1ccc(C(F)(F)F)cc1. The zero-order chi connectivity index (χ0) is 30.6. The lowest BCUT2D eigenvalue weighted by Crippen LogP contribution is -2.49. The zero-order valence-electron chi connectivity index (χ0n) is 22.9. The molecule has 0 radical (unpaired) electrons. The van der Waals surface area contributed by atoms with Gasteiger partial charge in [-0.25, -0.2) is 17.5 Å². The molecule has 0 unspecified atom stereocenters. The second kappa shape index (κ2) is 10.5. The van der Waals surface area contributed by atoms with Crippen molar-refractivity contribution < 1.29 is 30.8 Å². The number of sulfonamides is 1. The monoisotopic (exact) mass is 610 g/mol. The molecule has 2 aromatic heterocycles. The molecule has 2 aliphatic carbocycles. The number of fused-ring (bicyclic) bond motifs is 2. The number of hydrogen-bond acceptors (Lipinski definition) is 5. The molecule has 6 rings (SSSR count). The van der Waals surface area contributed by atoms with Crippen LogP contribution >= 0.6 is 0 Å². The van der Waals surface area contributed by atoms with Gasteiger partial charge in [-0.3, -0.25) is 9.78 Å². The Morgan fingerprint density at radius 2 is 1.77 bits per heavy atom. The first-order valence-electron chi connectivity index (χ1n) is 13.6. The molecule has 4 aromatic rings. The minimum atomic E-state index is -4.59. The van der Waals surface area contributed by atoms with Crippen LogP contribution in [0, 0.1) is 11.2 Å². The first kappa shape index (κ1) is 28.9. The van der Waals surface area contributed by atoms with Gasteiger partial charge in [0, 0.05) is 19.3 Å². The number of nitrogens with zero attached hydrogens (tertiary/aromatic N) is 4. The van der Waals surface area contributed by atoms with E-state index in [1.54, 1.807) is 41.2 Å². The van der Waals surface area contributed by atoms with E-state index in [1.165, 1.54) is 25.4 Å². The van der Waals surface area contributed by atoms with E-state index in [-0.39, 0.29) is 35.0 Å². The van der Waals surface area contributed by atoms with Gasteiger partial charge in [0.2, 0.25) is 10.0 Å². The van der Waals surface area contributed by atoms with Gasteiger partial charge in [-0.15, -0.1) is 0 Å². The Morgan fingerprint density at radius 3 is 2.42 bits per heavy atom. The second-order valence-corrected chi connectivity index (χ2v) is 12.9. The first-order chi connectivity index (χ1) is 20.4. The number of pyridine rings is 1. The highest BCUT2D eigenvalue weighted by molar-refractivity contribution is 7.89. The number of carbonyl (C=O) groups excluding carboxylic acids is 1. The molecule has 7 nitrogen and oxygen atoms in total. The molecule has 2 aromatic carbocycles. The molecule has 0 bridgehead atoms. The number of benzene rings is 2. The van der Waals surface area contributed by atoms with Crippen LogP contribution < -0.4 is 0 Å². The van der Waals surface area contributed by atoms with Crippen LogP contribution in [0.5, 0.6) is 0 Å². The summed E-state index contributed by atoms with van der Waals surface area (Å²) in [6.45, 7) is 0. The molecule has 43 heavy (non-hydrogen) atoms. The van der Waals surface area contributed by atoms with Gasteiger partial charge in [-0.2, -0.15) is 22.6 Å². The molecule has 1 saturated carbocycles. The van der Waals surface area contributed by atoms with Crippen molar-refractivity contribution in [2.45, 2.75) is 42.8 Å². The lowest BCUT2D eigenvalue weighted by Gasteiger charge is -2.45. The first-order valence-corrected chi connectivity index (χ1v) is 15.0. The summed E-state index contributed by atoms with van der Waals surface area (Å²) in [6.07, 6.45) is 1.67. The van der Waals surface area contributed by atoms with E-state index in [9.17, 15) is 30.8 Å². The summed E-state index contributed by atoms with van der Waals surface area (Å²) < 4.78 is 82.8. The van der Waals surface area contributed by atoms with Crippen LogP contribution in [0.25, 0.3) is 11.8 Å².